The first-order chi connectivity index (χ1) is 12.7. The van der Waals surface area contributed by atoms with Crippen molar-refractivity contribution in [2.24, 2.45) is 0 Å². The van der Waals surface area contributed by atoms with Gasteiger partial charge < -0.3 is 25.1 Å². The summed E-state index contributed by atoms with van der Waals surface area (Å²) in [4.78, 5) is 11.3. The molecule has 0 atom stereocenters. The number of nitrogens with one attached hydrogen (secondary N) is 1. The maximum atomic E-state index is 12.6. The summed E-state index contributed by atoms with van der Waals surface area (Å²) in [7, 11) is -0.776. The quantitative estimate of drug-likeness (QED) is 0.586. The Labute approximate surface area is 162 Å². The highest BCUT2D eigenvalue weighted by atomic mass is 19.4. The van der Waals surface area contributed by atoms with Crippen molar-refractivity contribution < 1.29 is 32.0 Å². The first-order valence-corrected chi connectivity index (χ1v) is 8.66. The Morgan fingerprint density at radius 3 is 2.32 bits per heavy atom. The van der Waals surface area contributed by atoms with Crippen LogP contribution in [-0.4, -0.2) is 37.1 Å². The summed E-state index contributed by atoms with van der Waals surface area (Å²) in [5, 5.41) is 2.66. The molecule has 1 amide bonds. The molecule has 0 radical (unpaired) electrons. The van der Waals surface area contributed by atoms with Crippen molar-refractivity contribution in [2.45, 2.75) is 52.2 Å². The Morgan fingerprint density at radius 2 is 1.82 bits per heavy atom. The zero-order valence-electron chi connectivity index (χ0n) is 16.4. The normalized spacial score (nSPS) is 18.9. The Kier molecular flexibility index (Phi) is 6.05. The molecular formula is C18H24BF3N2O4. The van der Waals surface area contributed by atoms with Crippen LogP contribution in [0, 0.1) is 0 Å². The molecule has 0 aromatic heterocycles. The SMILES string of the molecule is CC(=O)NCC(=Cc1ccc(N)c(OC(F)(F)F)c1)B1OC(C)(C)C(C)(C)O1. The molecule has 10 heteroatoms. The van der Waals surface area contributed by atoms with E-state index in [2.05, 4.69) is 10.1 Å². The van der Waals surface area contributed by atoms with E-state index in [1.54, 1.807) is 6.08 Å². The number of benzene rings is 1. The smallest absolute Gasteiger partial charge is 0.404 e. The second-order valence-corrected chi connectivity index (χ2v) is 7.56. The lowest BCUT2D eigenvalue weighted by Gasteiger charge is -2.32. The fourth-order valence-corrected chi connectivity index (χ4v) is 2.49. The van der Waals surface area contributed by atoms with Gasteiger partial charge in [0.1, 0.15) is 0 Å². The third-order valence-electron chi connectivity index (χ3n) is 4.71. The molecule has 154 valence electrons. The van der Waals surface area contributed by atoms with E-state index >= 15 is 0 Å². The third kappa shape index (κ3) is 5.42. The molecule has 2 rings (SSSR count). The average molecular weight is 400 g/mol. The minimum atomic E-state index is -4.86. The second kappa shape index (κ2) is 7.67. The summed E-state index contributed by atoms with van der Waals surface area (Å²) in [6, 6.07) is 4.02. The van der Waals surface area contributed by atoms with Crippen LogP contribution >= 0.6 is 0 Å². The minimum Gasteiger partial charge on any atom is -0.404 e. The number of nitrogen functional groups attached to an aromatic ring is 1. The number of halogens is 3. The summed E-state index contributed by atoms with van der Waals surface area (Å²) >= 11 is 0. The van der Waals surface area contributed by atoms with Gasteiger partial charge >= 0.3 is 13.5 Å². The molecule has 1 heterocycles. The summed E-state index contributed by atoms with van der Waals surface area (Å²) in [6.45, 7) is 8.97. The molecule has 6 nitrogen and oxygen atoms in total. The first-order valence-electron chi connectivity index (χ1n) is 8.66. The number of hydrogen-bond donors (Lipinski definition) is 2. The molecule has 0 spiro atoms. The number of carbonyl (C=O) groups excluding carboxylic acids is 1. The molecule has 1 saturated heterocycles. The van der Waals surface area contributed by atoms with Crippen LogP contribution in [0.3, 0.4) is 0 Å². The summed E-state index contributed by atoms with van der Waals surface area (Å²) < 4.78 is 53.6. The number of nitrogens with two attached hydrogens (primary N) is 1. The van der Waals surface area contributed by atoms with E-state index in [0.717, 1.165) is 0 Å². The molecule has 3 N–H and O–H groups in total. The van der Waals surface area contributed by atoms with Crippen LogP contribution in [0.1, 0.15) is 40.2 Å². The lowest BCUT2D eigenvalue weighted by atomic mass is 9.77. The molecule has 1 aliphatic heterocycles. The first kappa shape index (κ1) is 22.1. The number of rotatable bonds is 5. The van der Waals surface area contributed by atoms with Gasteiger partial charge in [0.25, 0.3) is 0 Å². The molecule has 1 fully saturated rings. The Bertz CT molecular complexity index is 763. The molecule has 1 aromatic rings. The van der Waals surface area contributed by atoms with E-state index in [1.165, 1.54) is 25.1 Å². The van der Waals surface area contributed by atoms with E-state index in [1.807, 2.05) is 27.7 Å². The van der Waals surface area contributed by atoms with Crippen molar-refractivity contribution >= 4 is 24.8 Å². The number of hydrogen-bond acceptors (Lipinski definition) is 5. The monoisotopic (exact) mass is 400 g/mol. The number of carbonyl (C=O) groups is 1. The van der Waals surface area contributed by atoms with E-state index in [9.17, 15) is 18.0 Å². The van der Waals surface area contributed by atoms with Gasteiger partial charge in [0.15, 0.2) is 5.75 Å². The van der Waals surface area contributed by atoms with Gasteiger partial charge in [-0.3, -0.25) is 4.79 Å². The van der Waals surface area contributed by atoms with Crippen LogP contribution in [0.4, 0.5) is 18.9 Å². The Balaban J connectivity index is 2.37. The fourth-order valence-electron chi connectivity index (χ4n) is 2.49. The molecule has 0 bridgehead atoms. The maximum absolute atomic E-state index is 12.6. The standard InChI is InChI=1S/C18H24BF3N2O4/c1-11(25)24-10-13(19-27-16(2,3)17(4,5)28-19)8-12-6-7-14(23)15(9-12)26-18(20,21)22/h6-9H,10,23H2,1-5H3,(H,24,25). The molecule has 28 heavy (non-hydrogen) atoms. The lowest BCUT2D eigenvalue weighted by molar-refractivity contribution is -0.274. The molecular weight excluding hydrogens is 376 g/mol. The molecule has 0 unspecified atom stereocenters. The predicted molar refractivity (Wildman–Crippen MR) is 100 cm³/mol. The van der Waals surface area contributed by atoms with Crippen LogP contribution < -0.4 is 15.8 Å². The van der Waals surface area contributed by atoms with Crippen molar-refractivity contribution in [3.05, 3.63) is 29.2 Å². The van der Waals surface area contributed by atoms with Gasteiger partial charge in [-0.25, -0.2) is 0 Å². The van der Waals surface area contributed by atoms with Crippen LogP contribution in [0.25, 0.3) is 6.08 Å². The topological polar surface area (TPSA) is 82.8 Å². The summed E-state index contributed by atoms with van der Waals surface area (Å²) in [5.74, 6) is -0.769. The number of alkyl halides is 3. The molecule has 1 aliphatic rings. The van der Waals surface area contributed by atoms with Crippen LogP contribution in [0.15, 0.2) is 23.7 Å². The predicted octanol–water partition coefficient (Wildman–Crippen LogP) is 3.32. The van der Waals surface area contributed by atoms with Gasteiger partial charge in [-0.2, -0.15) is 0 Å². The van der Waals surface area contributed by atoms with Crippen LogP contribution in [0.5, 0.6) is 5.75 Å². The Hall–Kier alpha value is -2.20. The maximum Gasteiger partial charge on any atom is 0.573 e. The largest absolute Gasteiger partial charge is 0.573 e. The van der Waals surface area contributed by atoms with E-state index < -0.39 is 30.4 Å². The van der Waals surface area contributed by atoms with Crippen molar-refractivity contribution in [2.75, 3.05) is 12.3 Å². The van der Waals surface area contributed by atoms with E-state index in [4.69, 9.17) is 15.0 Å². The van der Waals surface area contributed by atoms with Gasteiger partial charge in [-0.05, 0) is 50.9 Å². The van der Waals surface area contributed by atoms with Crippen LogP contribution in [-0.2, 0) is 14.1 Å². The lowest BCUT2D eigenvalue weighted by Crippen LogP contribution is -2.41. The second-order valence-electron chi connectivity index (χ2n) is 7.56. The highest BCUT2D eigenvalue weighted by Crippen LogP contribution is 2.39. The van der Waals surface area contributed by atoms with E-state index in [0.29, 0.717) is 11.0 Å². The van der Waals surface area contributed by atoms with Crippen molar-refractivity contribution in [3.63, 3.8) is 0 Å². The number of anilines is 1. The fraction of sp³-hybridized carbons (Fsp3) is 0.500. The van der Waals surface area contributed by atoms with Gasteiger partial charge in [0.2, 0.25) is 5.91 Å². The molecule has 0 aliphatic carbocycles. The highest BCUT2D eigenvalue weighted by molar-refractivity contribution is 6.56. The number of amides is 1. The van der Waals surface area contributed by atoms with Gasteiger partial charge in [0.05, 0.1) is 16.9 Å². The van der Waals surface area contributed by atoms with E-state index in [-0.39, 0.29) is 18.1 Å². The molecule has 1 aromatic carbocycles. The van der Waals surface area contributed by atoms with Crippen molar-refractivity contribution in [3.8, 4) is 5.75 Å². The number of ether oxygens (including phenoxy) is 1. The van der Waals surface area contributed by atoms with Gasteiger partial charge in [-0.15, -0.1) is 13.2 Å². The van der Waals surface area contributed by atoms with Crippen LogP contribution in [0.2, 0.25) is 0 Å². The third-order valence-corrected chi connectivity index (χ3v) is 4.71. The Morgan fingerprint density at radius 1 is 1.25 bits per heavy atom. The molecule has 0 saturated carbocycles. The highest BCUT2D eigenvalue weighted by Gasteiger charge is 2.52. The van der Waals surface area contributed by atoms with Crippen molar-refractivity contribution in [1.82, 2.24) is 5.32 Å². The van der Waals surface area contributed by atoms with Gasteiger partial charge in [-0.1, -0.05) is 12.1 Å². The zero-order chi connectivity index (χ0) is 21.3. The van der Waals surface area contributed by atoms with Gasteiger partial charge in [0, 0.05) is 13.5 Å². The zero-order valence-corrected chi connectivity index (χ0v) is 16.4. The van der Waals surface area contributed by atoms with Crippen molar-refractivity contribution in [1.29, 1.82) is 0 Å². The summed E-state index contributed by atoms with van der Waals surface area (Å²) in [6.07, 6.45) is -3.28. The summed E-state index contributed by atoms with van der Waals surface area (Å²) in [5.41, 5.74) is 5.13. The minimum absolute atomic E-state index is 0.103. The average Bonchev–Trinajstić information content (AvgIpc) is 2.73.